The monoisotopic (exact) mass is 568 g/mol. The van der Waals surface area contributed by atoms with E-state index in [4.69, 9.17) is 23.6 Å². The van der Waals surface area contributed by atoms with Crippen LogP contribution in [0.5, 0.6) is 0 Å². The van der Waals surface area contributed by atoms with Crippen molar-refractivity contribution in [3.63, 3.8) is 0 Å². The Kier molecular flexibility index (Phi) is 2.39. The van der Waals surface area contributed by atoms with E-state index in [2.05, 4.69) is 0 Å². The van der Waals surface area contributed by atoms with Gasteiger partial charge in [-0.2, -0.15) is 0 Å². The molecular weight excluding hydrogens is 520 g/mol. The van der Waals surface area contributed by atoms with Crippen LogP contribution in [-0.4, -0.2) is 0 Å². The smallest absolute Gasteiger partial charge is 0.143 e. The Morgan fingerprint density at radius 1 is 0.419 bits per heavy atom. The first-order valence-electron chi connectivity index (χ1n) is 24.0. The molecule has 0 N–H and O–H groups in total. The molecule has 43 heavy (non-hydrogen) atoms. The maximum Gasteiger partial charge on any atom is 0.143 e. The van der Waals surface area contributed by atoms with Crippen LogP contribution in [0.25, 0.3) is 87.6 Å². The standard InChI is InChI=1S/C42H26O/c1-2-12-28-25-30(24-23-27(28)11-1)29-13-9-14-31(26-29)40-33-16-3-5-18-35(33)41(36-19-6-4-17-34(36)40)38-21-10-20-37-32-15-7-8-22-39(32)43-42(37)38/h1-26H/i1D,2D,3D,4D,5D,6D,9D,10D,11D,12D,13D,14D,16D,17D,18D,19D,20D,21D,23D,24D,25D,26D. The first-order chi connectivity index (χ1) is 30.5. The Labute approximate surface area is 280 Å². The van der Waals surface area contributed by atoms with Crippen molar-refractivity contribution < 1.29 is 34.6 Å². The van der Waals surface area contributed by atoms with E-state index in [1.807, 2.05) is 0 Å². The summed E-state index contributed by atoms with van der Waals surface area (Å²) in [5.41, 5.74) is -3.85. The van der Waals surface area contributed by atoms with E-state index in [-0.39, 0.29) is 16.6 Å². The Morgan fingerprint density at radius 3 is 1.81 bits per heavy atom. The van der Waals surface area contributed by atoms with Crippen LogP contribution in [-0.2, 0) is 0 Å². The Balaban J connectivity index is 1.60. The molecule has 1 heterocycles. The van der Waals surface area contributed by atoms with Crippen molar-refractivity contribution >= 4 is 54.3 Å². The van der Waals surface area contributed by atoms with E-state index in [0.29, 0.717) is 5.39 Å². The highest BCUT2D eigenvalue weighted by Gasteiger charge is 2.20. The molecule has 0 aliphatic carbocycles. The average Bonchev–Trinajstić information content (AvgIpc) is 3.67. The van der Waals surface area contributed by atoms with E-state index in [1.54, 1.807) is 24.3 Å². The Hall–Kier alpha value is -5.66. The summed E-state index contributed by atoms with van der Waals surface area (Å²) in [6, 6.07) is -12.1. The third-order valence-corrected chi connectivity index (χ3v) is 7.20. The quantitative estimate of drug-likeness (QED) is 0.193. The number of para-hydroxylation sites is 2. The number of hydrogen-bond acceptors (Lipinski definition) is 1. The third-order valence-electron chi connectivity index (χ3n) is 7.20. The molecule has 0 amide bonds. The zero-order valence-electron chi connectivity index (χ0n) is 43.7. The molecule has 200 valence electrons. The summed E-state index contributed by atoms with van der Waals surface area (Å²) >= 11 is 0. The van der Waals surface area contributed by atoms with Gasteiger partial charge in [0.15, 0.2) is 0 Å². The van der Waals surface area contributed by atoms with Gasteiger partial charge in [0.05, 0.1) is 30.2 Å². The van der Waals surface area contributed by atoms with Gasteiger partial charge in [-0.1, -0.05) is 139 Å². The molecule has 9 aromatic rings. The maximum absolute atomic E-state index is 9.73. The molecule has 0 saturated carbocycles. The van der Waals surface area contributed by atoms with Gasteiger partial charge < -0.3 is 4.42 Å². The SMILES string of the molecule is [2H]c1c([2H])c(-c2c([2H])c([2H])c3c([2H])c([2H])c([2H])c([2H])c3c2[2H])c([2H])c(-c2c3c([2H])c([2H])c([2H])c([2H])c3c(-c3c([2H])c([2H])c([2H])c4c3oc3ccccc34)c3c([2H])c([2H])c([2H])c([2H])c23)c1[2H]. The molecule has 1 nitrogen and oxygen atoms in total. The minimum Gasteiger partial charge on any atom is -0.455 e. The minimum absolute atomic E-state index is 0.00599. The Morgan fingerprint density at radius 2 is 1.02 bits per heavy atom. The fourth-order valence-electron chi connectivity index (χ4n) is 5.36. The van der Waals surface area contributed by atoms with Crippen LogP contribution in [0.3, 0.4) is 0 Å². The lowest BCUT2D eigenvalue weighted by Crippen LogP contribution is -1.91. The van der Waals surface area contributed by atoms with Crippen molar-refractivity contribution in [3.8, 4) is 33.4 Å². The normalized spacial score (nSPS) is 18.9. The third kappa shape index (κ3) is 3.72. The molecule has 0 aliphatic heterocycles. The maximum atomic E-state index is 9.73. The van der Waals surface area contributed by atoms with Crippen LogP contribution in [0.4, 0.5) is 0 Å². The Bertz CT molecular complexity index is 3660. The van der Waals surface area contributed by atoms with Crippen LogP contribution >= 0.6 is 0 Å². The predicted molar refractivity (Wildman–Crippen MR) is 183 cm³/mol. The molecule has 0 saturated heterocycles. The molecule has 0 bridgehead atoms. The first-order valence-corrected chi connectivity index (χ1v) is 13.0. The zero-order chi connectivity index (χ0) is 47.5. The van der Waals surface area contributed by atoms with Crippen molar-refractivity contribution in [2.75, 3.05) is 0 Å². The van der Waals surface area contributed by atoms with Crippen molar-refractivity contribution in [3.05, 3.63) is 157 Å². The predicted octanol–water partition coefficient (Wildman–Crippen LogP) is 12.0. The molecule has 0 atom stereocenters. The molecule has 0 radical (unpaired) electrons. The van der Waals surface area contributed by atoms with Crippen LogP contribution in [0.1, 0.15) is 30.2 Å². The van der Waals surface area contributed by atoms with E-state index < -0.39 is 199 Å². The van der Waals surface area contributed by atoms with Crippen LogP contribution in [0.15, 0.2) is 162 Å². The molecule has 8 aromatic carbocycles. The topological polar surface area (TPSA) is 13.1 Å². The average molecular weight is 569 g/mol. The molecule has 9 rings (SSSR count). The fraction of sp³-hybridized carbons (Fsp3) is 0. The van der Waals surface area contributed by atoms with E-state index >= 15 is 0 Å². The van der Waals surface area contributed by atoms with Crippen LogP contribution in [0.2, 0.25) is 0 Å². The lowest BCUT2D eigenvalue weighted by Gasteiger charge is -2.18. The lowest BCUT2D eigenvalue weighted by atomic mass is 9.85. The van der Waals surface area contributed by atoms with Crippen molar-refractivity contribution in [1.82, 2.24) is 0 Å². The number of fused-ring (bicyclic) bond motifs is 6. The lowest BCUT2D eigenvalue weighted by molar-refractivity contribution is 0.670. The number of hydrogen-bond donors (Lipinski definition) is 0. The van der Waals surface area contributed by atoms with Gasteiger partial charge in [0.1, 0.15) is 11.2 Å². The summed E-state index contributed by atoms with van der Waals surface area (Å²) in [4.78, 5) is 0. The minimum atomic E-state index is -0.999. The summed E-state index contributed by atoms with van der Waals surface area (Å²) in [6.45, 7) is 0. The van der Waals surface area contributed by atoms with Gasteiger partial charge in [-0.3, -0.25) is 0 Å². The second kappa shape index (κ2) is 9.44. The van der Waals surface area contributed by atoms with Gasteiger partial charge in [-0.15, -0.1) is 0 Å². The van der Waals surface area contributed by atoms with Gasteiger partial charge in [-0.25, -0.2) is 0 Å². The van der Waals surface area contributed by atoms with E-state index in [0.717, 1.165) is 0 Å². The largest absolute Gasteiger partial charge is 0.455 e. The zero-order valence-corrected chi connectivity index (χ0v) is 21.7. The van der Waals surface area contributed by atoms with Crippen LogP contribution in [0, 0.1) is 0 Å². The number of rotatable bonds is 3. The van der Waals surface area contributed by atoms with Crippen LogP contribution < -0.4 is 0 Å². The highest BCUT2D eigenvalue weighted by molar-refractivity contribution is 6.24. The first kappa shape index (κ1) is 10.9. The molecule has 0 aliphatic rings. The highest BCUT2D eigenvalue weighted by Crippen LogP contribution is 2.46. The van der Waals surface area contributed by atoms with Gasteiger partial charge in [-0.05, 0) is 72.7 Å². The van der Waals surface area contributed by atoms with Crippen molar-refractivity contribution in [2.24, 2.45) is 0 Å². The number of furan rings is 1. The second-order valence-corrected chi connectivity index (χ2v) is 9.55. The molecule has 0 fully saturated rings. The molecule has 1 heteroatoms. The summed E-state index contributed by atoms with van der Waals surface area (Å²) in [6.07, 6.45) is 0. The molecule has 0 spiro atoms. The van der Waals surface area contributed by atoms with Gasteiger partial charge in [0.2, 0.25) is 0 Å². The summed E-state index contributed by atoms with van der Waals surface area (Å²) in [7, 11) is 0. The molecule has 1 aromatic heterocycles. The summed E-state index contributed by atoms with van der Waals surface area (Å²) in [5.74, 6) is 0. The summed E-state index contributed by atoms with van der Waals surface area (Å²) in [5, 5.41) is -3.06. The van der Waals surface area contributed by atoms with Crippen molar-refractivity contribution in [2.45, 2.75) is 0 Å². The van der Waals surface area contributed by atoms with E-state index in [1.165, 1.54) is 0 Å². The number of benzene rings is 8. The van der Waals surface area contributed by atoms with E-state index in [9.17, 15) is 11.0 Å². The second-order valence-electron chi connectivity index (χ2n) is 9.55. The van der Waals surface area contributed by atoms with Crippen molar-refractivity contribution in [1.29, 1.82) is 0 Å². The van der Waals surface area contributed by atoms with Gasteiger partial charge >= 0.3 is 0 Å². The van der Waals surface area contributed by atoms with Gasteiger partial charge in [0, 0.05) is 21.9 Å². The summed E-state index contributed by atoms with van der Waals surface area (Å²) < 4.78 is 204. The highest BCUT2D eigenvalue weighted by atomic mass is 16.3. The molecular formula is C42H26O. The molecule has 0 unspecified atom stereocenters. The van der Waals surface area contributed by atoms with Gasteiger partial charge in [0.25, 0.3) is 0 Å². The fourth-order valence-corrected chi connectivity index (χ4v) is 5.36.